The van der Waals surface area contributed by atoms with Gasteiger partial charge in [0, 0.05) is 18.8 Å². The standard InChI is InChI=1S/C19H18FNO3/c1-14(19(23)21(2)17-6-4-3-5-7-17)24-18(22)13-10-15-8-11-16(20)12-9-15/h3-14H,1-2H3/b13-10+. The average molecular weight is 327 g/mol. The molecule has 0 saturated carbocycles. The molecule has 5 heteroatoms. The molecular formula is C19H18FNO3. The highest BCUT2D eigenvalue weighted by atomic mass is 19.1. The Balaban J connectivity index is 1.93. The molecule has 0 fully saturated rings. The van der Waals surface area contributed by atoms with Gasteiger partial charge in [-0.25, -0.2) is 9.18 Å². The van der Waals surface area contributed by atoms with Crippen molar-refractivity contribution in [3.8, 4) is 0 Å². The van der Waals surface area contributed by atoms with E-state index in [-0.39, 0.29) is 11.7 Å². The summed E-state index contributed by atoms with van der Waals surface area (Å²) in [5, 5.41) is 0. The fourth-order valence-corrected chi connectivity index (χ4v) is 2.05. The molecule has 0 N–H and O–H groups in total. The Hall–Kier alpha value is -2.95. The zero-order valence-corrected chi connectivity index (χ0v) is 13.5. The molecule has 4 nitrogen and oxygen atoms in total. The van der Waals surface area contributed by atoms with Crippen LogP contribution in [0.3, 0.4) is 0 Å². The summed E-state index contributed by atoms with van der Waals surface area (Å²) in [5.41, 5.74) is 1.38. The van der Waals surface area contributed by atoms with Crippen molar-refractivity contribution in [2.24, 2.45) is 0 Å². The number of likely N-dealkylation sites (N-methyl/N-ethyl adjacent to an activating group) is 1. The number of anilines is 1. The summed E-state index contributed by atoms with van der Waals surface area (Å²) in [7, 11) is 1.62. The first-order chi connectivity index (χ1) is 11.5. The second kappa shape index (κ2) is 8.06. The number of ether oxygens (including phenoxy) is 1. The second-order valence-corrected chi connectivity index (χ2v) is 5.20. The van der Waals surface area contributed by atoms with Gasteiger partial charge in [-0.3, -0.25) is 4.79 Å². The monoisotopic (exact) mass is 327 g/mol. The summed E-state index contributed by atoms with van der Waals surface area (Å²) in [6, 6.07) is 14.8. The molecule has 24 heavy (non-hydrogen) atoms. The first-order valence-corrected chi connectivity index (χ1v) is 7.44. The van der Waals surface area contributed by atoms with E-state index in [4.69, 9.17) is 4.74 Å². The molecule has 0 saturated heterocycles. The van der Waals surface area contributed by atoms with Gasteiger partial charge in [0.15, 0.2) is 6.10 Å². The summed E-state index contributed by atoms with van der Waals surface area (Å²) in [6.45, 7) is 1.52. The van der Waals surface area contributed by atoms with Crippen LogP contribution in [-0.2, 0) is 14.3 Å². The third-order valence-electron chi connectivity index (χ3n) is 3.40. The summed E-state index contributed by atoms with van der Waals surface area (Å²) >= 11 is 0. The highest BCUT2D eigenvalue weighted by molar-refractivity contribution is 5.98. The van der Waals surface area contributed by atoms with Gasteiger partial charge < -0.3 is 9.64 Å². The third-order valence-corrected chi connectivity index (χ3v) is 3.40. The van der Waals surface area contributed by atoms with E-state index in [1.807, 2.05) is 18.2 Å². The summed E-state index contributed by atoms with van der Waals surface area (Å²) in [6.07, 6.45) is 1.79. The molecule has 1 unspecified atom stereocenters. The number of hydrogen-bond acceptors (Lipinski definition) is 3. The van der Waals surface area contributed by atoms with E-state index in [0.29, 0.717) is 11.3 Å². The van der Waals surface area contributed by atoms with Gasteiger partial charge in [0.25, 0.3) is 5.91 Å². The number of hydrogen-bond donors (Lipinski definition) is 0. The summed E-state index contributed by atoms with van der Waals surface area (Å²) < 4.78 is 17.9. The Morgan fingerprint density at radius 2 is 1.71 bits per heavy atom. The van der Waals surface area contributed by atoms with Crippen molar-refractivity contribution in [2.75, 3.05) is 11.9 Å². The molecule has 0 radical (unpaired) electrons. The quantitative estimate of drug-likeness (QED) is 0.624. The molecule has 0 aliphatic rings. The van der Waals surface area contributed by atoms with Crippen LogP contribution in [0.25, 0.3) is 6.08 Å². The van der Waals surface area contributed by atoms with Gasteiger partial charge in [-0.1, -0.05) is 30.3 Å². The van der Waals surface area contributed by atoms with Crippen molar-refractivity contribution < 1.29 is 18.7 Å². The highest BCUT2D eigenvalue weighted by Gasteiger charge is 2.21. The van der Waals surface area contributed by atoms with Crippen molar-refractivity contribution in [1.29, 1.82) is 0 Å². The molecule has 0 heterocycles. The molecule has 0 bridgehead atoms. The fourth-order valence-electron chi connectivity index (χ4n) is 2.05. The lowest BCUT2D eigenvalue weighted by atomic mass is 10.2. The minimum absolute atomic E-state index is 0.329. The average Bonchev–Trinajstić information content (AvgIpc) is 2.60. The molecule has 0 aliphatic carbocycles. The number of halogens is 1. The van der Waals surface area contributed by atoms with Crippen molar-refractivity contribution in [1.82, 2.24) is 0 Å². The van der Waals surface area contributed by atoms with E-state index < -0.39 is 12.1 Å². The van der Waals surface area contributed by atoms with E-state index in [0.717, 1.165) is 0 Å². The fraction of sp³-hybridized carbons (Fsp3) is 0.158. The third kappa shape index (κ3) is 4.78. The predicted molar refractivity (Wildman–Crippen MR) is 90.8 cm³/mol. The molecule has 0 aromatic heterocycles. The van der Waals surface area contributed by atoms with E-state index in [1.54, 1.807) is 19.2 Å². The second-order valence-electron chi connectivity index (χ2n) is 5.20. The SMILES string of the molecule is CC(OC(=O)/C=C/c1ccc(F)cc1)C(=O)N(C)c1ccccc1. The number of carbonyl (C=O) groups excluding carboxylic acids is 2. The Kier molecular flexibility index (Phi) is 5.84. The Bertz CT molecular complexity index is 726. The van der Waals surface area contributed by atoms with Crippen molar-refractivity contribution >= 4 is 23.6 Å². The number of benzene rings is 2. The lowest BCUT2D eigenvalue weighted by Gasteiger charge is -2.21. The van der Waals surface area contributed by atoms with Crippen LogP contribution in [0.15, 0.2) is 60.7 Å². The first kappa shape index (κ1) is 17.4. The van der Waals surface area contributed by atoms with Crippen LogP contribution < -0.4 is 4.90 Å². The van der Waals surface area contributed by atoms with Gasteiger partial charge in [0.1, 0.15) is 5.82 Å². The van der Waals surface area contributed by atoms with Crippen molar-refractivity contribution in [3.05, 3.63) is 72.1 Å². The Morgan fingerprint density at radius 3 is 2.33 bits per heavy atom. The lowest BCUT2D eigenvalue weighted by molar-refractivity contribution is -0.148. The normalized spacial score (nSPS) is 12.0. The van der Waals surface area contributed by atoms with Crippen molar-refractivity contribution in [3.63, 3.8) is 0 Å². The number of esters is 1. The maximum atomic E-state index is 12.8. The topological polar surface area (TPSA) is 46.6 Å². The highest BCUT2D eigenvalue weighted by Crippen LogP contribution is 2.13. The van der Waals surface area contributed by atoms with Gasteiger partial charge in [-0.05, 0) is 42.8 Å². The number of amides is 1. The molecule has 2 aromatic carbocycles. The number of nitrogens with zero attached hydrogens (tertiary/aromatic N) is 1. The molecule has 2 aromatic rings. The van der Waals surface area contributed by atoms with Crippen molar-refractivity contribution in [2.45, 2.75) is 13.0 Å². The summed E-state index contributed by atoms with van der Waals surface area (Å²) in [5.74, 6) is -1.32. The number of carbonyl (C=O) groups is 2. The lowest BCUT2D eigenvalue weighted by Crippen LogP contribution is -2.37. The molecule has 124 valence electrons. The van der Waals surface area contributed by atoms with Crippen LogP contribution >= 0.6 is 0 Å². The molecular weight excluding hydrogens is 309 g/mol. The van der Waals surface area contributed by atoms with E-state index >= 15 is 0 Å². The van der Waals surface area contributed by atoms with Crippen LogP contribution in [0, 0.1) is 5.82 Å². The smallest absolute Gasteiger partial charge is 0.331 e. The van der Waals surface area contributed by atoms with Gasteiger partial charge >= 0.3 is 5.97 Å². The first-order valence-electron chi connectivity index (χ1n) is 7.44. The molecule has 0 aliphatic heterocycles. The Morgan fingerprint density at radius 1 is 1.08 bits per heavy atom. The maximum Gasteiger partial charge on any atom is 0.331 e. The van der Waals surface area contributed by atoms with E-state index in [1.165, 1.54) is 48.2 Å². The van der Waals surface area contributed by atoms with Gasteiger partial charge in [-0.15, -0.1) is 0 Å². The number of rotatable bonds is 5. The maximum absolute atomic E-state index is 12.8. The van der Waals surface area contributed by atoms with Crippen LogP contribution in [0.4, 0.5) is 10.1 Å². The van der Waals surface area contributed by atoms with Crippen LogP contribution in [-0.4, -0.2) is 25.0 Å². The molecule has 0 spiro atoms. The minimum Gasteiger partial charge on any atom is -0.449 e. The minimum atomic E-state index is -0.916. The Labute approximate surface area is 140 Å². The largest absolute Gasteiger partial charge is 0.449 e. The predicted octanol–water partition coefficient (Wildman–Crippen LogP) is 3.43. The molecule has 1 amide bonds. The van der Waals surface area contributed by atoms with Gasteiger partial charge in [0.2, 0.25) is 0 Å². The summed E-state index contributed by atoms with van der Waals surface area (Å²) in [4.78, 5) is 25.5. The van der Waals surface area contributed by atoms with E-state index in [9.17, 15) is 14.0 Å². The van der Waals surface area contributed by atoms with Crippen LogP contribution in [0.1, 0.15) is 12.5 Å². The molecule has 2 rings (SSSR count). The van der Waals surface area contributed by atoms with E-state index in [2.05, 4.69) is 0 Å². The van der Waals surface area contributed by atoms with Gasteiger partial charge in [-0.2, -0.15) is 0 Å². The molecule has 1 atom stereocenters. The van der Waals surface area contributed by atoms with Crippen LogP contribution in [0.2, 0.25) is 0 Å². The van der Waals surface area contributed by atoms with Gasteiger partial charge in [0.05, 0.1) is 0 Å². The zero-order chi connectivity index (χ0) is 17.5. The number of para-hydroxylation sites is 1. The van der Waals surface area contributed by atoms with Crippen LogP contribution in [0.5, 0.6) is 0 Å². The zero-order valence-electron chi connectivity index (χ0n) is 13.5.